The molecule has 9 nitrogen and oxygen atoms in total. The van der Waals surface area contributed by atoms with Gasteiger partial charge in [0.2, 0.25) is 0 Å². The van der Waals surface area contributed by atoms with Crippen LogP contribution in [0, 0.1) is 12.8 Å². The molecular weight excluding hydrogens is 448 g/mol. The van der Waals surface area contributed by atoms with Gasteiger partial charge < -0.3 is 29.0 Å². The first kappa shape index (κ1) is 25.1. The van der Waals surface area contributed by atoms with Crippen molar-refractivity contribution in [3.63, 3.8) is 0 Å². The Morgan fingerprint density at radius 3 is 2.80 bits per heavy atom. The molecule has 0 amide bonds. The smallest absolute Gasteiger partial charge is 0.323 e. The average Bonchev–Trinajstić information content (AvgIpc) is 3.45. The number of aryl methyl sites for hydroxylation is 2. The summed E-state index contributed by atoms with van der Waals surface area (Å²) in [7, 11) is 1.72. The first-order valence-corrected chi connectivity index (χ1v) is 12.1. The van der Waals surface area contributed by atoms with Crippen LogP contribution >= 0.6 is 0 Å². The van der Waals surface area contributed by atoms with Gasteiger partial charge in [-0.3, -0.25) is 9.59 Å². The largest absolute Gasteiger partial charge is 0.459 e. The van der Waals surface area contributed by atoms with Crippen LogP contribution in [0.5, 0.6) is 0 Å². The van der Waals surface area contributed by atoms with Crippen LogP contribution in [0.2, 0.25) is 0 Å². The average molecular weight is 483 g/mol. The highest BCUT2D eigenvalue weighted by Crippen LogP contribution is 2.26. The highest BCUT2D eigenvalue weighted by Gasteiger charge is 2.28. The number of pyridine rings is 1. The van der Waals surface area contributed by atoms with Crippen molar-refractivity contribution in [3.05, 3.63) is 51.9 Å². The first-order valence-electron chi connectivity index (χ1n) is 12.1. The third-order valence-corrected chi connectivity index (χ3v) is 6.37. The Kier molecular flexibility index (Phi) is 7.69. The molecule has 0 unspecified atom stereocenters. The fraction of sp³-hybridized carbons (Fsp3) is 0.500. The van der Waals surface area contributed by atoms with Gasteiger partial charge in [0.25, 0.3) is 5.56 Å². The zero-order valence-corrected chi connectivity index (χ0v) is 20.8. The number of nitrogens with one attached hydrogen (secondary N) is 1. The summed E-state index contributed by atoms with van der Waals surface area (Å²) in [6.07, 6.45) is 2.33. The third-order valence-electron chi connectivity index (χ3n) is 6.37. The molecular formula is C26H34N4O5. The second-order valence-corrected chi connectivity index (χ2v) is 9.49. The number of carbonyl (C=O) groups is 1. The predicted octanol–water partition coefficient (Wildman–Crippen LogP) is 2.15. The Morgan fingerprint density at radius 1 is 1.34 bits per heavy atom. The quantitative estimate of drug-likeness (QED) is 0.450. The Balaban J connectivity index is 1.58. The normalized spacial score (nSPS) is 16.8. The fourth-order valence-corrected chi connectivity index (χ4v) is 4.49. The fourth-order valence-electron chi connectivity index (χ4n) is 4.49. The monoisotopic (exact) mass is 482 g/mol. The third kappa shape index (κ3) is 5.47. The van der Waals surface area contributed by atoms with E-state index in [1.165, 1.54) is 0 Å². The molecule has 1 saturated heterocycles. The number of ether oxygens (including phenoxy) is 2. The Hall–Kier alpha value is -3.01. The highest BCUT2D eigenvalue weighted by molar-refractivity contribution is 5.81. The molecule has 1 aromatic carbocycles. The van der Waals surface area contributed by atoms with Crippen LogP contribution in [0.4, 0.5) is 0 Å². The molecule has 4 rings (SSSR count). The van der Waals surface area contributed by atoms with E-state index in [4.69, 9.17) is 14.5 Å². The summed E-state index contributed by atoms with van der Waals surface area (Å²) in [6.45, 7) is 7.69. The predicted molar refractivity (Wildman–Crippen MR) is 133 cm³/mol. The van der Waals surface area contributed by atoms with Crippen molar-refractivity contribution in [1.29, 1.82) is 0 Å². The molecule has 0 spiro atoms. The lowest BCUT2D eigenvalue weighted by molar-refractivity contribution is -0.152. The van der Waals surface area contributed by atoms with E-state index >= 15 is 0 Å². The maximum Gasteiger partial charge on any atom is 0.323 e. The number of esters is 1. The van der Waals surface area contributed by atoms with E-state index in [1.807, 2.05) is 42.7 Å². The van der Waals surface area contributed by atoms with Crippen LogP contribution in [0.25, 0.3) is 22.4 Å². The van der Waals surface area contributed by atoms with Crippen molar-refractivity contribution in [3.8, 4) is 11.4 Å². The van der Waals surface area contributed by atoms with Crippen molar-refractivity contribution in [2.75, 3.05) is 19.8 Å². The maximum absolute atomic E-state index is 12.7. The van der Waals surface area contributed by atoms with E-state index in [0.717, 1.165) is 28.6 Å². The van der Waals surface area contributed by atoms with E-state index in [2.05, 4.69) is 5.32 Å². The van der Waals surface area contributed by atoms with Crippen LogP contribution in [-0.4, -0.2) is 57.2 Å². The lowest BCUT2D eigenvalue weighted by Gasteiger charge is -2.22. The number of aliphatic hydroxyl groups is 1. The molecule has 9 heteroatoms. The maximum atomic E-state index is 12.7. The van der Waals surface area contributed by atoms with Gasteiger partial charge in [0, 0.05) is 43.9 Å². The van der Waals surface area contributed by atoms with E-state index < -0.39 is 6.04 Å². The summed E-state index contributed by atoms with van der Waals surface area (Å²) in [5, 5.41) is 13.0. The molecule has 2 atom stereocenters. The summed E-state index contributed by atoms with van der Waals surface area (Å²) in [5.74, 6) is 0.508. The number of aliphatic hydroxyl groups excluding tert-OH is 1. The summed E-state index contributed by atoms with van der Waals surface area (Å²) in [4.78, 5) is 29.7. The van der Waals surface area contributed by atoms with Gasteiger partial charge in [0.1, 0.15) is 18.0 Å². The number of nitrogens with zero attached hydrogens (tertiary/aromatic N) is 3. The zero-order valence-electron chi connectivity index (χ0n) is 20.8. The summed E-state index contributed by atoms with van der Waals surface area (Å²) >= 11 is 0. The lowest BCUT2D eigenvalue weighted by Crippen LogP contribution is -2.43. The van der Waals surface area contributed by atoms with Crippen molar-refractivity contribution in [1.82, 2.24) is 19.4 Å². The lowest BCUT2D eigenvalue weighted by atomic mass is 10.0. The van der Waals surface area contributed by atoms with Crippen molar-refractivity contribution >= 4 is 17.0 Å². The molecule has 2 aromatic heterocycles. The molecule has 3 aromatic rings. The minimum Gasteiger partial charge on any atom is -0.459 e. The summed E-state index contributed by atoms with van der Waals surface area (Å²) < 4.78 is 14.4. The number of hydrogen-bond donors (Lipinski definition) is 2. The molecule has 3 heterocycles. The van der Waals surface area contributed by atoms with Gasteiger partial charge in [-0.05, 0) is 36.6 Å². The Morgan fingerprint density at radius 2 is 2.14 bits per heavy atom. The Labute approximate surface area is 204 Å². The number of benzene rings is 1. The number of fused-ring (bicyclic) bond motifs is 1. The molecule has 0 radical (unpaired) electrons. The molecule has 1 aliphatic rings. The van der Waals surface area contributed by atoms with Gasteiger partial charge in [-0.2, -0.15) is 0 Å². The molecule has 35 heavy (non-hydrogen) atoms. The number of hydrogen-bond acceptors (Lipinski definition) is 7. The SMILES string of the molecule is Cc1cc(-c2nc3cc(CN[C@H](C(=O)O[C@H]4CCOC4)C(C)C)ccc3n2CCO)cn(C)c1=O. The van der Waals surface area contributed by atoms with Crippen LogP contribution in [-0.2, 0) is 34.4 Å². The molecule has 0 saturated carbocycles. The number of carbonyl (C=O) groups excluding carboxylic acids is 1. The molecule has 2 N–H and O–H groups in total. The van der Waals surface area contributed by atoms with E-state index in [9.17, 15) is 14.7 Å². The van der Waals surface area contributed by atoms with Crippen LogP contribution in [0.3, 0.4) is 0 Å². The minimum absolute atomic E-state index is 0.0310. The Bertz CT molecular complexity index is 1230. The van der Waals surface area contributed by atoms with Crippen LogP contribution in [0.15, 0.2) is 35.3 Å². The summed E-state index contributed by atoms with van der Waals surface area (Å²) in [6, 6.07) is 7.36. The first-order chi connectivity index (χ1) is 16.8. The number of rotatable bonds is 9. The molecule has 0 aliphatic carbocycles. The zero-order chi connectivity index (χ0) is 25.1. The van der Waals surface area contributed by atoms with Crippen molar-refractivity contribution < 1.29 is 19.4 Å². The van der Waals surface area contributed by atoms with Crippen LogP contribution < -0.4 is 10.9 Å². The van der Waals surface area contributed by atoms with E-state index in [0.29, 0.717) is 37.7 Å². The van der Waals surface area contributed by atoms with Gasteiger partial charge >= 0.3 is 5.97 Å². The molecule has 0 bridgehead atoms. The molecule has 1 fully saturated rings. The van der Waals surface area contributed by atoms with Crippen LogP contribution in [0.1, 0.15) is 31.4 Å². The second kappa shape index (κ2) is 10.7. The van der Waals surface area contributed by atoms with Gasteiger partial charge in [-0.15, -0.1) is 0 Å². The van der Waals surface area contributed by atoms with Gasteiger partial charge in [0.05, 0.1) is 30.9 Å². The molecule has 188 valence electrons. The topological polar surface area (TPSA) is 108 Å². The van der Waals surface area contributed by atoms with Gasteiger partial charge in [-0.25, -0.2) is 4.98 Å². The highest BCUT2D eigenvalue weighted by atomic mass is 16.6. The molecule has 1 aliphatic heterocycles. The summed E-state index contributed by atoms with van der Waals surface area (Å²) in [5.41, 5.74) is 4.06. The number of imidazole rings is 1. The van der Waals surface area contributed by atoms with E-state index in [-0.39, 0.29) is 30.2 Å². The number of aromatic nitrogens is 3. The van der Waals surface area contributed by atoms with Crippen molar-refractivity contribution in [2.45, 2.75) is 52.4 Å². The van der Waals surface area contributed by atoms with Gasteiger partial charge in [-0.1, -0.05) is 19.9 Å². The van der Waals surface area contributed by atoms with E-state index in [1.54, 1.807) is 24.7 Å². The minimum atomic E-state index is -0.428. The van der Waals surface area contributed by atoms with Crippen molar-refractivity contribution in [2.24, 2.45) is 13.0 Å². The second-order valence-electron chi connectivity index (χ2n) is 9.49. The van der Waals surface area contributed by atoms with Gasteiger partial charge in [0.15, 0.2) is 0 Å². The standard InChI is InChI=1S/C26H34N4O5/c1-16(2)23(26(33)35-20-7-10-34-15-20)27-13-18-5-6-22-21(12-18)28-24(30(22)8-9-31)19-11-17(3)25(32)29(4)14-19/h5-6,11-12,14,16,20,23,27,31H,7-10,13,15H2,1-4H3/t20-,23-/m0/s1.